The van der Waals surface area contributed by atoms with E-state index in [2.05, 4.69) is 10.3 Å². The largest absolute Gasteiger partial charge is 0.484 e. The third kappa shape index (κ3) is 3.52. The van der Waals surface area contributed by atoms with Gasteiger partial charge in [-0.25, -0.2) is 9.37 Å². The van der Waals surface area contributed by atoms with Gasteiger partial charge in [0.1, 0.15) is 11.6 Å². The first-order chi connectivity index (χ1) is 10.6. The van der Waals surface area contributed by atoms with Gasteiger partial charge in [0.15, 0.2) is 11.7 Å². The van der Waals surface area contributed by atoms with Crippen molar-refractivity contribution in [1.29, 1.82) is 0 Å². The van der Waals surface area contributed by atoms with E-state index < -0.39 is 5.82 Å². The van der Waals surface area contributed by atoms with Crippen molar-refractivity contribution in [3.63, 3.8) is 0 Å². The molecular formula is C15H10ClFN2O2S. The molecule has 4 nitrogen and oxygen atoms in total. The minimum absolute atomic E-state index is 0.222. The number of thiazole rings is 1. The maximum atomic E-state index is 13.0. The number of carbonyl (C=O) groups is 1. The van der Waals surface area contributed by atoms with Crippen LogP contribution in [0.4, 0.5) is 9.52 Å². The van der Waals surface area contributed by atoms with Crippen molar-refractivity contribution in [3.05, 3.63) is 53.3 Å². The van der Waals surface area contributed by atoms with E-state index in [4.69, 9.17) is 16.3 Å². The van der Waals surface area contributed by atoms with E-state index in [0.717, 1.165) is 10.2 Å². The van der Waals surface area contributed by atoms with Gasteiger partial charge in [-0.05, 0) is 30.3 Å². The van der Waals surface area contributed by atoms with Crippen molar-refractivity contribution >= 4 is 44.2 Å². The highest BCUT2D eigenvalue weighted by molar-refractivity contribution is 7.22. The Bertz CT molecular complexity index is 837. The summed E-state index contributed by atoms with van der Waals surface area (Å²) in [6, 6.07) is 10.9. The van der Waals surface area contributed by atoms with Crippen LogP contribution >= 0.6 is 22.9 Å². The summed E-state index contributed by atoms with van der Waals surface area (Å²) in [4.78, 5) is 16.1. The minimum atomic E-state index is -0.416. The van der Waals surface area contributed by atoms with Crippen LogP contribution in [-0.2, 0) is 4.79 Å². The average molecular weight is 337 g/mol. The second kappa shape index (κ2) is 6.29. The lowest BCUT2D eigenvalue weighted by Gasteiger charge is -2.05. The normalized spacial score (nSPS) is 10.6. The van der Waals surface area contributed by atoms with Crippen LogP contribution < -0.4 is 10.1 Å². The third-order valence-electron chi connectivity index (χ3n) is 2.76. The van der Waals surface area contributed by atoms with E-state index in [1.54, 1.807) is 24.3 Å². The molecule has 1 heterocycles. The van der Waals surface area contributed by atoms with E-state index in [1.807, 2.05) is 0 Å². The molecule has 0 fully saturated rings. The molecule has 112 valence electrons. The van der Waals surface area contributed by atoms with E-state index in [0.29, 0.717) is 15.9 Å². The molecule has 1 aromatic heterocycles. The van der Waals surface area contributed by atoms with Crippen molar-refractivity contribution in [3.8, 4) is 5.75 Å². The number of fused-ring (bicyclic) bond motifs is 1. The Hall–Kier alpha value is -2.18. The van der Waals surface area contributed by atoms with Crippen LogP contribution in [0.3, 0.4) is 0 Å². The molecule has 1 amide bonds. The van der Waals surface area contributed by atoms with Crippen LogP contribution in [0.15, 0.2) is 42.5 Å². The maximum Gasteiger partial charge on any atom is 0.264 e. The van der Waals surface area contributed by atoms with Crippen molar-refractivity contribution in [2.24, 2.45) is 0 Å². The average Bonchev–Trinajstić information content (AvgIpc) is 2.86. The van der Waals surface area contributed by atoms with Crippen molar-refractivity contribution in [2.45, 2.75) is 0 Å². The van der Waals surface area contributed by atoms with Gasteiger partial charge in [-0.1, -0.05) is 29.0 Å². The molecule has 0 unspecified atom stereocenters. The Morgan fingerprint density at radius 1 is 1.32 bits per heavy atom. The first kappa shape index (κ1) is 14.7. The van der Waals surface area contributed by atoms with Gasteiger partial charge >= 0.3 is 0 Å². The zero-order chi connectivity index (χ0) is 15.5. The Morgan fingerprint density at radius 2 is 2.18 bits per heavy atom. The summed E-state index contributed by atoms with van der Waals surface area (Å²) < 4.78 is 19.1. The molecule has 7 heteroatoms. The molecule has 1 N–H and O–H groups in total. The van der Waals surface area contributed by atoms with Gasteiger partial charge < -0.3 is 4.74 Å². The van der Waals surface area contributed by atoms with Crippen LogP contribution in [0.2, 0.25) is 5.02 Å². The number of rotatable bonds is 4. The molecule has 0 bridgehead atoms. The van der Waals surface area contributed by atoms with Crippen molar-refractivity contribution < 1.29 is 13.9 Å². The quantitative estimate of drug-likeness (QED) is 0.780. The fraction of sp³-hybridized carbons (Fsp3) is 0.0667. The van der Waals surface area contributed by atoms with Crippen molar-refractivity contribution in [1.82, 2.24) is 4.98 Å². The van der Waals surface area contributed by atoms with Gasteiger partial charge in [0, 0.05) is 11.1 Å². The fourth-order valence-electron chi connectivity index (χ4n) is 1.81. The highest BCUT2D eigenvalue weighted by Crippen LogP contribution is 2.28. The van der Waals surface area contributed by atoms with E-state index in [1.165, 1.54) is 29.5 Å². The number of benzene rings is 2. The predicted molar refractivity (Wildman–Crippen MR) is 85.2 cm³/mol. The van der Waals surface area contributed by atoms with Crippen LogP contribution in [-0.4, -0.2) is 17.5 Å². The number of aromatic nitrogens is 1. The molecule has 0 aliphatic rings. The third-order valence-corrected chi connectivity index (χ3v) is 3.93. The molecule has 0 aliphatic carbocycles. The van der Waals surface area contributed by atoms with Gasteiger partial charge in [-0.2, -0.15) is 0 Å². The standard InChI is InChI=1S/C15H10ClFN2O2S/c16-9-4-5-12-13(6-9)22-15(18-12)19-14(20)8-21-11-3-1-2-10(17)7-11/h1-7H,8H2,(H,18,19,20). The number of carbonyl (C=O) groups excluding carboxylic acids is 1. The topological polar surface area (TPSA) is 51.2 Å². The summed E-state index contributed by atoms with van der Waals surface area (Å²) in [5.74, 6) is -0.485. The Labute approximate surface area is 134 Å². The lowest BCUT2D eigenvalue weighted by Crippen LogP contribution is -2.20. The summed E-state index contributed by atoms with van der Waals surface area (Å²) in [5, 5.41) is 3.72. The molecule has 0 saturated carbocycles. The monoisotopic (exact) mass is 336 g/mol. The second-order valence-corrected chi connectivity index (χ2v) is 5.89. The first-order valence-electron chi connectivity index (χ1n) is 6.34. The maximum absolute atomic E-state index is 13.0. The second-order valence-electron chi connectivity index (χ2n) is 4.43. The van der Waals surface area contributed by atoms with E-state index in [9.17, 15) is 9.18 Å². The summed E-state index contributed by atoms with van der Waals surface area (Å²) in [6.07, 6.45) is 0. The fourth-order valence-corrected chi connectivity index (χ4v) is 2.97. The zero-order valence-electron chi connectivity index (χ0n) is 11.2. The lowest BCUT2D eigenvalue weighted by atomic mass is 10.3. The first-order valence-corrected chi connectivity index (χ1v) is 7.54. The molecule has 0 saturated heterocycles. The highest BCUT2D eigenvalue weighted by atomic mass is 35.5. The Kier molecular flexibility index (Phi) is 4.22. The number of hydrogen-bond acceptors (Lipinski definition) is 4. The molecule has 2 aromatic carbocycles. The number of nitrogens with zero attached hydrogens (tertiary/aromatic N) is 1. The number of nitrogens with one attached hydrogen (secondary N) is 1. The molecule has 3 rings (SSSR count). The lowest BCUT2D eigenvalue weighted by molar-refractivity contribution is -0.118. The number of anilines is 1. The zero-order valence-corrected chi connectivity index (χ0v) is 12.7. The smallest absolute Gasteiger partial charge is 0.264 e. The summed E-state index contributed by atoms with van der Waals surface area (Å²) in [5.41, 5.74) is 0.760. The van der Waals surface area contributed by atoms with Crippen LogP contribution in [0.25, 0.3) is 10.2 Å². The molecule has 0 radical (unpaired) electrons. The van der Waals surface area contributed by atoms with Gasteiger partial charge in [-0.3, -0.25) is 10.1 Å². The molecule has 0 atom stereocenters. The number of hydrogen-bond donors (Lipinski definition) is 1. The Morgan fingerprint density at radius 3 is 3.00 bits per heavy atom. The minimum Gasteiger partial charge on any atom is -0.484 e. The van der Waals surface area contributed by atoms with Gasteiger partial charge in [0.2, 0.25) is 0 Å². The van der Waals surface area contributed by atoms with E-state index in [-0.39, 0.29) is 12.5 Å². The molecule has 0 aliphatic heterocycles. The van der Waals surface area contributed by atoms with Crippen LogP contribution in [0.1, 0.15) is 0 Å². The molecular weight excluding hydrogens is 327 g/mol. The molecule has 0 spiro atoms. The number of ether oxygens (including phenoxy) is 1. The number of halogens is 2. The number of amides is 1. The molecule has 3 aromatic rings. The summed E-state index contributed by atoms with van der Waals surface area (Å²) >= 11 is 7.23. The summed E-state index contributed by atoms with van der Waals surface area (Å²) in [6.45, 7) is -0.222. The van der Waals surface area contributed by atoms with Crippen molar-refractivity contribution in [2.75, 3.05) is 11.9 Å². The van der Waals surface area contributed by atoms with Gasteiger partial charge in [0.05, 0.1) is 10.2 Å². The van der Waals surface area contributed by atoms with Crippen LogP contribution in [0, 0.1) is 5.82 Å². The van der Waals surface area contributed by atoms with Gasteiger partial charge in [-0.15, -0.1) is 0 Å². The van der Waals surface area contributed by atoms with Crippen LogP contribution in [0.5, 0.6) is 5.75 Å². The molecule has 22 heavy (non-hydrogen) atoms. The van der Waals surface area contributed by atoms with Gasteiger partial charge in [0.25, 0.3) is 5.91 Å². The Balaban J connectivity index is 1.63. The summed E-state index contributed by atoms with van der Waals surface area (Å²) in [7, 11) is 0. The SMILES string of the molecule is O=C(COc1cccc(F)c1)Nc1nc2ccc(Cl)cc2s1. The highest BCUT2D eigenvalue weighted by Gasteiger charge is 2.09. The van der Waals surface area contributed by atoms with E-state index >= 15 is 0 Å². The predicted octanol–water partition coefficient (Wildman–Crippen LogP) is 4.11.